The lowest BCUT2D eigenvalue weighted by molar-refractivity contribution is 0.627. The minimum Gasteiger partial charge on any atom is -0.342 e. The normalized spacial score (nSPS) is 12.7. The molecule has 2 aromatic rings. The number of nitrogens with one attached hydrogen (secondary N) is 1. The van der Waals surface area contributed by atoms with Crippen LogP contribution < -0.4 is 5.73 Å². The van der Waals surface area contributed by atoms with Crippen LogP contribution >= 0.6 is 15.9 Å². The fourth-order valence-electron chi connectivity index (χ4n) is 1.54. The molecule has 2 rings (SSSR count). The number of nitrogens with zero attached hydrogens (tertiary/aromatic N) is 1. The summed E-state index contributed by atoms with van der Waals surface area (Å²) in [6.45, 7) is 2.54. The summed E-state index contributed by atoms with van der Waals surface area (Å²) in [5, 5.41) is 0. The van der Waals surface area contributed by atoms with Gasteiger partial charge in [-0.15, -0.1) is 0 Å². The van der Waals surface area contributed by atoms with E-state index >= 15 is 0 Å². The fraction of sp³-hybridized carbons (Fsp3) is 0.250. The van der Waals surface area contributed by atoms with Crippen LogP contribution in [-0.4, -0.2) is 16.5 Å². The van der Waals surface area contributed by atoms with Gasteiger partial charge in [-0.3, -0.25) is 0 Å². The second-order valence-corrected chi connectivity index (χ2v) is 4.80. The quantitative estimate of drug-likeness (QED) is 0.915. The Bertz CT molecular complexity index is 524. The molecule has 0 bridgehead atoms. The first-order valence-corrected chi connectivity index (χ1v) is 6.11. The van der Waals surface area contributed by atoms with Crippen molar-refractivity contribution in [3.05, 3.63) is 40.5 Å². The molecule has 1 aromatic carbocycles. The van der Waals surface area contributed by atoms with E-state index in [1.807, 2.05) is 6.92 Å². The standard InChI is InChI=1S/C12H13BrFN3/c1-7(5-15)12-16-6-11(17-12)9-3-2-8(14)4-10(9)13/h2-4,6-7H,5,15H2,1H3,(H,16,17). The molecule has 17 heavy (non-hydrogen) atoms. The summed E-state index contributed by atoms with van der Waals surface area (Å²) in [5.74, 6) is 0.761. The molecule has 0 radical (unpaired) electrons. The minimum absolute atomic E-state index is 0.183. The molecule has 0 amide bonds. The Morgan fingerprint density at radius 1 is 1.53 bits per heavy atom. The summed E-state index contributed by atoms with van der Waals surface area (Å²) >= 11 is 3.33. The van der Waals surface area contributed by atoms with E-state index in [1.54, 1.807) is 12.3 Å². The van der Waals surface area contributed by atoms with Crippen LogP contribution in [0.3, 0.4) is 0 Å². The van der Waals surface area contributed by atoms with Gasteiger partial charge in [0, 0.05) is 22.5 Å². The van der Waals surface area contributed by atoms with E-state index in [0.717, 1.165) is 17.1 Å². The number of aromatic amines is 1. The van der Waals surface area contributed by atoms with Crippen molar-refractivity contribution < 1.29 is 4.39 Å². The van der Waals surface area contributed by atoms with Crippen molar-refractivity contribution in [3.8, 4) is 11.3 Å². The molecule has 3 nitrogen and oxygen atoms in total. The predicted octanol–water partition coefficient (Wildman–Crippen LogP) is 3.04. The Balaban J connectivity index is 2.37. The molecule has 3 N–H and O–H groups in total. The van der Waals surface area contributed by atoms with Crippen molar-refractivity contribution in [1.82, 2.24) is 9.97 Å². The van der Waals surface area contributed by atoms with Crippen molar-refractivity contribution >= 4 is 15.9 Å². The third-order valence-corrected chi connectivity index (χ3v) is 3.29. The highest BCUT2D eigenvalue weighted by Crippen LogP contribution is 2.28. The molecular weight excluding hydrogens is 285 g/mol. The van der Waals surface area contributed by atoms with Gasteiger partial charge in [0.15, 0.2) is 0 Å². The molecular formula is C12H13BrFN3. The first kappa shape index (κ1) is 12.3. The fourth-order valence-corrected chi connectivity index (χ4v) is 2.11. The summed E-state index contributed by atoms with van der Waals surface area (Å²) in [5.41, 5.74) is 7.32. The molecule has 0 saturated heterocycles. The van der Waals surface area contributed by atoms with Gasteiger partial charge in [-0.2, -0.15) is 0 Å². The third-order valence-electron chi connectivity index (χ3n) is 2.64. The lowest BCUT2D eigenvalue weighted by Crippen LogP contribution is -2.10. The summed E-state index contributed by atoms with van der Waals surface area (Å²) in [6.07, 6.45) is 1.74. The summed E-state index contributed by atoms with van der Waals surface area (Å²) in [4.78, 5) is 7.47. The summed E-state index contributed by atoms with van der Waals surface area (Å²) in [7, 11) is 0. The maximum absolute atomic E-state index is 13.0. The van der Waals surface area contributed by atoms with Crippen molar-refractivity contribution in [3.63, 3.8) is 0 Å². The molecule has 0 aliphatic rings. The zero-order valence-electron chi connectivity index (χ0n) is 9.37. The summed E-state index contributed by atoms with van der Waals surface area (Å²) in [6, 6.07) is 4.57. The maximum atomic E-state index is 13.0. The maximum Gasteiger partial charge on any atom is 0.124 e. The smallest absolute Gasteiger partial charge is 0.124 e. The number of imidazole rings is 1. The molecule has 90 valence electrons. The van der Waals surface area contributed by atoms with Crippen LogP contribution in [0.5, 0.6) is 0 Å². The van der Waals surface area contributed by atoms with Gasteiger partial charge in [-0.1, -0.05) is 6.92 Å². The van der Waals surface area contributed by atoms with Crippen LogP contribution in [0.15, 0.2) is 28.9 Å². The molecule has 0 saturated carbocycles. The van der Waals surface area contributed by atoms with Gasteiger partial charge in [-0.25, -0.2) is 9.37 Å². The number of rotatable bonds is 3. The van der Waals surface area contributed by atoms with E-state index in [1.165, 1.54) is 12.1 Å². The Morgan fingerprint density at radius 2 is 2.29 bits per heavy atom. The second-order valence-electron chi connectivity index (χ2n) is 3.94. The first-order chi connectivity index (χ1) is 8.11. The van der Waals surface area contributed by atoms with Crippen LogP contribution in [0.4, 0.5) is 4.39 Å². The van der Waals surface area contributed by atoms with Gasteiger partial charge < -0.3 is 10.7 Å². The van der Waals surface area contributed by atoms with E-state index in [2.05, 4.69) is 25.9 Å². The molecule has 0 aliphatic carbocycles. The van der Waals surface area contributed by atoms with E-state index < -0.39 is 0 Å². The van der Waals surface area contributed by atoms with Gasteiger partial charge in [0.2, 0.25) is 0 Å². The van der Waals surface area contributed by atoms with Crippen LogP contribution in [-0.2, 0) is 0 Å². The number of halogens is 2. The van der Waals surface area contributed by atoms with Crippen LogP contribution in [0, 0.1) is 5.82 Å². The average molecular weight is 298 g/mol. The van der Waals surface area contributed by atoms with E-state index in [4.69, 9.17) is 5.73 Å². The lowest BCUT2D eigenvalue weighted by atomic mass is 10.1. The number of nitrogens with two attached hydrogens (primary N) is 1. The Hall–Kier alpha value is -1.20. The van der Waals surface area contributed by atoms with E-state index in [0.29, 0.717) is 11.0 Å². The number of aromatic nitrogens is 2. The van der Waals surface area contributed by atoms with Gasteiger partial charge in [0.1, 0.15) is 11.6 Å². The number of H-pyrrole nitrogens is 1. The molecule has 0 aliphatic heterocycles. The highest BCUT2D eigenvalue weighted by atomic mass is 79.9. The van der Waals surface area contributed by atoms with Gasteiger partial charge in [-0.05, 0) is 34.1 Å². The van der Waals surface area contributed by atoms with E-state index in [9.17, 15) is 4.39 Å². The van der Waals surface area contributed by atoms with Crippen LogP contribution in [0.25, 0.3) is 11.3 Å². The monoisotopic (exact) mass is 297 g/mol. The van der Waals surface area contributed by atoms with Gasteiger partial charge in [0.25, 0.3) is 0 Å². The average Bonchev–Trinajstić information content (AvgIpc) is 2.77. The van der Waals surface area contributed by atoms with Crippen molar-refractivity contribution in [2.24, 2.45) is 5.73 Å². The van der Waals surface area contributed by atoms with Crippen LogP contribution in [0.2, 0.25) is 0 Å². The number of hydrogen-bond donors (Lipinski definition) is 2. The predicted molar refractivity (Wildman–Crippen MR) is 69.2 cm³/mol. The van der Waals surface area contributed by atoms with E-state index in [-0.39, 0.29) is 11.7 Å². The number of hydrogen-bond acceptors (Lipinski definition) is 2. The zero-order valence-corrected chi connectivity index (χ0v) is 11.0. The molecule has 1 atom stereocenters. The van der Waals surface area contributed by atoms with Crippen LogP contribution in [0.1, 0.15) is 18.7 Å². The van der Waals surface area contributed by atoms with Crippen molar-refractivity contribution in [2.45, 2.75) is 12.8 Å². The topological polar surface area (TPSA) is 54.7 Å². The number of benzene rings is 1. The molecule has 0 fully saturated rings. The SMILES string of the molecule is CC(CN)c1ncc(-c2ccc(F)cc2Br)[nH]1. The second kappa shape index (κ2) is 4.98. The molecule has 5 heteroatoms. The van der Waals surface area contributed by atoms with Gasteiger partial charge >= 0.3 is 0 Å². The Morgan fingerprint density at radius 3 is 2.94 bits per heavy atom. The third kappa shape index (κ3) is 2.56. The summed E-state index contributed by atoms with van der Waals surface area (Å²) < 4.78 is 13.7. The first-order valence-electron chi connectivity index (χ1n) is 5.32. The minimum atomic E-state index is -0.268. The highest BCUT2D eigenvalue weighted by molar-refractivity contribution is 9.10. The van der Waals surface area contributed by atoms with Crippen molar-refractivity contribution in [1.29, 1.82) is 0 Å². The zero-order chi connectivity index (χ0) is 12.4. The molecule has 1 unspecified atom stereocenters. The van der Waals surface area contributed by atoms with Gasteiger partial charge in [0.05, 0.1) is 11.9 Å². The Labute approximate surface area is 107 Å². The lowest BCUT2D eigenvalue weighted by Gasteiger charge is -2.04. The molecule has 1 heterocycles. The largest absolute Gasteiger partial charge is 0.342 e. The Kier molecular flexibility index (Phi) is 3.59. The highest BCUT2D eigenvalue weighted by Gasteiger charge is 2.11. The molecule has 1 aromatic heterocycles. The molecule has 0 spiro atoms. The van der Waals surface area contributed by atoms with Crippen molar-refractivity contribution in [2.75, 3.05) is 6.54 Å².